The summed E-state index contributed by atoms with van der Waals surface area (Å²) < 4.78 is 22.8. The molecule has 6 atom stereocenters. The predicted octanol–water partition coefficient (Wildman–Crippen LogP) is 1.34. The van der Waals surface area contributed by atoms with Crippen LogP contribution in [0.5, 0.6) is 0 Å². The topological polar surface area (TPSA) is 86.2 Å². The van der Waals surface area contributed by atoms with Crippen LogP contribution in [0.2, 0.25) is 0 Å². The standard InChI is InChI=1S/C18H24ClNO6/c1-23-18-14(20-13(21)8-5-9-19)15(22)16-12(25-18)10-24-17(26-16)11-6-3-2-4-7-11/h2-4,6-7,12,14-18,22H,5,8-10H2,1H3,(H,20,21)/t12-,14-,15-,16-,17?,18+/m1/s1. The van der Waals surface area contributed by atoms with Gasteiger partial charge in [0.25, 0.3) is 0 Å². The summed E-state index contributed by atoms with van der Waals surface area (Å²) in [6.07, 6.45) is -2.66. The van der Waals surface area contributed by atoms with Crippen molar-refractivity contribution in [2.45, 2.75) is 49.8 Å². The number of hydrogen-bond acceptors (Lipinski definition) is 6. The van der Waals surface area contributed by atoms with E-state index in [-0.39, 0.29) is 18.9 Å². The van der Waals surface area contributed by atoms with E-state index in [1.54, 1.807) is 0 Å². The summed E-state index contributed by atoms with van der Waals surface area (Å²) in [5, 5.41) is 13.6. The molecule has 1 aromatic rings. The highest BCUT2D eigenvalue weighted by Gasteiger charge is 2.50. The van der Waals surface area contributed by atoms with Gasteiger partial charge < -0.3 is 29.4 Å². The van der Waals surface area contributed by atoms with Crippen LogP contribution in [0.15, 0.2) is 30.3 Å². The maximum atomic E-state index is 12.1. The van der Waals surface area contributed by atoms with Gasteiger partial charge in [0.05, 0.1) is 6.61 Å². The van der Waals surface area contributed by atoms with Crippen LogP contribution in [0.25, 0.3) is 0 Å². The Kier molecular flexibility index (Phi) is 6.86. The molecule has 0 radical (unpaired) electrons. The smallest absolute Gasteiger partial charge is 0.220 e. The normalized spacial score (nSPS) is 34.1. The molecule has 0 aliphatic carbocycles. The molecule has 26 heavy (non-hydrogen) atoms. The monoisotopic (exact) mass is 385 g/mol. The van der Waals surface area contributed by atoms with Gasteiger partial charge in [0.15, 0.2) is 12.6 Å². The molecule has 2 fully saturated rings. The number of benzene rings is 1. The number of carbonyl (C=O) groups excluding carboxylic acids is 1. The van der Waals surface area contributed by atoms with Gasteiger partial charge in [0, 0.05) is 25.0 Å². The minimum absolute atomic E-state index is 0.217. The summed E-state index contributed by atoms with van der Waals surface area (Å²) in [4.78, 5) is 12.1. The molecule has 0 aromatic heterocycles. The first-order valence-corrected chi connectivity index (χ1v) is 9.21. The third kappa shape index (κ3) is 4.36. The zero-order valence-electron chi connectivity index (χ0n) is 14.5. The lowest BCUT2D eigenvalue weighted by Crippen LogP contribution is -2.66. The maximum Gasteiger partial charge on any atom is 0.220 e. The number of nitrogens with one attached hydrogen (secondary N) is 1. The van der Waals surface area contributed by atoms with Crippen molar-refractivity contribution in [3.05, 3.63) is 35.9 Å². The van der Waals surface area contributed by atoms with Crippen LogP contribution in [-0.2, 0) is 23.7 Å². The number of methoxy groups -OCH3 is 1. The number of hydrogen-bond donors (Lipinski definition) is 2. The molecule has 1 aromatic carbocycles. The van der Waals surface area contributed by atoms with E-state index < -0.39 is 36.9 Å². The average Bonchev–Trinajstić information content (AvgIpc) is 2.68. The highest BCUT2D eigenvalue weighted by Crippen LogP contribution is 2.34. The van der Waals surface area contributed by atoms with Crippen molar-refractivity contribution >= 4 is 17.5 Å². The second kappa shape index (κ2) is 9.12. The number of rotatable bonds is 6. The molecule has 144 valence electrons. The molecule has 7 nitrogen and oxygen atoms in total. The molecule has 2 heterocycles. The lowest BCUT2D eigenvalue weighted by Gasteiger charge is -2.47. The second-order valence-corrected chi connectivity index (χ2v) is 6.71. The van der Waals surface area contributed by atoms with E-state index in [2.05, 4.69) is 5.32 Å². The van der Waals surface area contributed by atoms with Gasteiger partial charge in [0.2, 0.25) is 5.91 Å². The number of aliphatic hydroxyl groups is 1. The highest BCUT2D eigenvalue weighted by molar-refractivity contribution is 6.17. The number of halogens is 1. The molecule has 8 heteroatoms. The molecular weight excluding hydrogens is 362 g/mol. The van der Waals surface area contributed by atoms with Crippen molar-refractivity contribution in [1.82, 2.24) is 5.32 Å². The van der Waals surface area contributed by atoms with E-state index in [4.69, 9.17) is 30.5 Å². The minimum atomic E-state index is -0.992. The van der Waals surface area contributed by atoms with E-state index in [1.165, 1.54) is 7.11 Å². The quantitative estimate of drug-likeness (QED) is 0.719. The molecule has 3 rings (SSSR count). The maximum absolute atomic E-state index is 12.1. The van der Waals surface area contributed by atoms with Gasteiger partial charge in [-0.1, -0.05) is 30.3 Å². The third-order valence-corrected chi connectivity index (χ3v) is 4.80. The number of ether oxygens (including phenoxy) is 4. The van der Waals surface area contributed by atoms with Crippen LogP contribution in [0.3, 0.4) is 0 Å². The highest BCUT2D eigenvalue weighted by atomic mass is 35.5. The van der Waals surface area contributed by atoms with Crippen LogP contribution in [0.4, 0.5) is 0 Å². The van der Waals surface area contributed by atoms with Gasteiger partial charge in [-0.15, -0.1) is 11.6 Å². The van der Waals surface area contributed by atoms with Gasteiger partial charge in [-0.05, 0) is 6.42 Å². The van der Waals surface area contributed by atoms with Crippen molar-refractivity contribution < 1.29 is 28.8 Å². The van der Waals surface area contributed by atoms with Crippen LogP contribution in [-0.4, -0.2) is 61.3 Å². The summed E-state index contributed by atoms with van der Waals surface area (Å²) in [5.41, 5.74) is 0.856. The number of carbonyl (C=O) groups is 1. The first-order chi connectivity index (χ1) is 12.6. The summed E-state index contributed by atoms with van der Waals surface area (Å²) in [6, 6.07) is 8.74. The Balaban J connectivity index is 1.69. The fourth-order valence-electron chi connectivity index (χ4n) is 3.21. The number of fused-ring (bicyclic) bond motifs is 1. The summed E-state index contributed by atoms with van der Waals surface area (Å²) >= 11 is 5.63. The van der Waals surface area contributed by atoms with Gasteiger partial charge in [-0.25, -0.2) is 0 Å². The Bertz CT molecular complexity index is 588. The Labute approximate surface area is 157 Å². The Morgan fingerprint density at radius 3 is 2.81 bits per heavy atom. The zero-order valence-corrected chi connectivity index (χ0v) is 15.3. The van der Waals surface area contributed by atoms with E-state index in [0.29, 0.717) is 12.3 Å². The first-order valence-electron chi connectivity index (χ1n) is 8.67. The molecule has 2 aliphatic rings. The molecule has 1 amide bonds. The summed E-state index contributed by atoms with van der Waals surface area (Å²) in [7, 11) is 1.47. The van der Waals surface area contributed by atoms with E-state index in [9.17, 15) is 9.90 Å². The fourth-order valence-corrected chi connectivity index (χ4v) is 3.35. The number of amides is 1. The minimum Gasteiger partial charge on any atom is -0.388 e. The van der Waals surface area contributed by atoms with Crippen LogP contribution in [0, 0.1) is 0 Å². The van der Waals surface area contributed by atoms with Gasteiger partial charge in [-0.3, -0.25) is 4.79 Å². The van der Waals surface area contributed by atoms with Gasteiger partial charge in [-0.2, -0.15) is 0 Å². The van der Waals surface area contributed by atoms with E-state index in [1.807, 2.05) is 30.3 Å². The molecule has 0 bridgehead atoms. The molecule has 1 unspecified atom stereocenters. The number of alkyl halides is 1. The third-order valence-electron chi connectivity index (χ3n) is 4.53. The second-order valence-electron chi connectivity index (χ2n) is 6.33. The Morgan fingerprint density at radius 2 is 2.12 bits per heavy atom. The summed E-state index contributed by atoms with van der Waals surface area (Å²) in [5.74, 6) is 0.180. The first kappa shape index (κ1) is 19.5. The van der Waals surface area contributed by atoms with Crippen molar-refractivity contribution in [2.75, 3.05) is 19.6 Å². The van der Waals surface area contributed by atoms with E-state index >= 15 is 0 Å². The van der Waals surface area contributed by atoms with Gasteiger partial charge in [0.1, 0.15) is 24.4 Å². The molecule has 2 aliphatic heterocycles. The lowest BCUT2D eigenvalue weighted by molar-refractivity contribution is -0.341. The summed E-state index contributed by atoms with van der Waals surface area (Å²) in [6.45, 7) is 0.258. The van der Waals surface area contributed by atoms with Crippen molar-refractivity contribution in [3.63, 3.8) is 0 Å². The SMILES string of the molecule is CO[C@H]1O[C@@H]2COC(c3ccccc3)O[C@H]2[C@H](O)[C@H]1NC(=O)CCCCl. The van der Waals surface area contributed by atoms with Crippen LogP contribution in [0.1, 0.15) is 24.7 Å². The van der Waals surface area contributed by atoms with Crippen LogP contribution < -0.4 is 5.32 Å². The van der Waals surface area contributed by atoms with Crippen LogP contribution >= 0.6 is 11.6 Å². The molecule has 2 N–H and O–H groups in total. The fraction of sp³-hybridized carbons (Fsp3) is 0.611. The van der Waals surface area contributed by atoms with E-state index in [0.717, 1.165) is 5.56 Å². The molecule has 0 saturated carbocycles. The molecule has 2 saturated heterocycles. The van der Waals surface area contributed by atoms with Gasteiger partial charge >= 0.3 is 0 Å². The molecule has 0 spiro atoms. The average molecular weight is 386 g/mol. The number of aliphatic hydroxyl groups excluding tert-OH is 1. The van der Waals surface area contributed by atoms with Crippen molar-refractivity contribution in [1.29, 1.82) is 0 Å². The lowest BCUT2D eigenvalue weighted by atomic mass is 9.95. The van der Waals surface area contributed by atoms with Crippen molar-refractivity contribution in [2.24, 2.45) is 0 Å². The Morgan fingerprint density at radius 1 is 1.35 bits per heavy atom. The largest absolute Gasteiger partial charge is 0.388 e. The zero-order chi connectivity index (χ0) is 18.5. The predicted molar refractivity (Wildman–Crippen MR) is 93.6 cm³/mol. The Hall–Kier alpha value is -1.22. The molecular formula is C18H24ClNO6. The van der Waals surface area contributed by atoms with Crippen molar-refractivity contribution in [3.8, 4) is 0 Å².